The topological polar surface area (TPSA) is 29.5 Å². The molecule has 2 aromatic rings. The van der Waals surface area contributed by atoms with Crippen molar-refractivity contribution < 1.29 is 9.53 Å². The summed E-state index contributed by atoms with van der Waals surface area (Å²) < 4.78 is 5.18. The van der Waals surface area contributed by atoms with E-state index in [1.807, 2.05) is 18.2 Å². The molecule has 1 heterocycles. The van der Waals surface area contributed by atoms with E-state index in [0.29, 0.717) is 0 Å². The first kappa shape index (κ1) is 18.7. The van der Waals surface area contributed by atoms with E-state index in [2.05, 4.69) is 47.4 Å². The first-order valence-corrected chi connectivity index (χ1v) is 9.70. The monoisotopic (exact) mass is 351 g/mol. The number of rotatable bonds is 7. The fourth-order valence-corrected chi connectivity index (χ4v) is 4.11. The molecule has 0 aliphatic carbocycles. The molecule has 0 radical (unpaired) electrons. The minimum absolute atomic E-state index is 0.115. The molecule has 2 unspecified atom stereocenters. The van der Waals surface area contributed by atoms with Crippen molar-refractivity contribution in [1.29, 1.82) is 0 Å². The molecule has 0 bridgehead atoms. The van der Waals surface area contributed by atoms with Crippen LogP contribution >= 0.6 is 0 Å². The second kappa shape index (κ2) is 9.54. The molecule has 3 rings (SSSR count). The Bertz CT molecular complexity index is 671. The van der Waals surface area contributed by atoms with E-state index in [-0.39, 0.29) is 17.9 Å². The van der Waals surface area contributed by atoms with Gasteiger partial charge in [-0.1, -0.05) is 67.1 Å². The molecule has 26 heavy (non-hydrogen) atoms. The summed E-state index contributed by atoms with van der Waals surface area (Å²) in [7, 11) is 1.50. The fraction of sp³-hybridized carbons (Fsp3) is 0.435. The van der Waals surface area contributed by atoms with Crippen LogP contribution in [0.25, 0.3) is 0 Å². The van der Waals surface area contributed by atoms with Gasteiger partial charge in [0.25, 0.3) is 0 Å². The molecule has 1 aliphatic rings. The number of hydrogen-bond donors (Lipinski definition) is 0. The number of nitrogens with zero attached hydrogens (tertiary/aromatic N) is 1. The zero-order valence-electron chi connectivity index (χ0n) is 15.6. The highest BCUT2D eigenvalue weighted by Crippen LogP contribution is 2.31. The van der Waals surface area contributed by atoms with Gasteiger partial charge in [-0.05, 0) is 49.9 Å². The van der Waals surface area contributed by atoms with Crippen LogP contribution in [0.4, 0.5) is 0 Å². The van der Waals surface area contributed by atoms with Gasteiger partial charge in [-0.2, -0.15) is 0 Å². The quantitative estimate of drug-likeness (QED) is 0.691. The van der Waals surface area contributed by atoms with E-state index in [1.54, 1.807) is 0 Å². The summed E-state index contributed by atoms with van der Waals surface area (Å²) in [6, 6.07) is 21.0. The maximum Gasteiger partial charge on any atom is 0.314 e. The van der Waals surface area contributed by atoms with E-state index in [1.165, 1.54) is 25.5 Å². The van der Waals surface area contributed by atoms with Gasteiger partial charge in [0.15, 0.2) is 0 Å². The Kier molecular flexibility index (Phi) is 6.84. The van der Waals surface area contributed by atoms with Gasteiger partial charge in [0.05, 0.1) is 13.0 Å². The normalized spacial score (nSPS) is 19.0. The molecule has 0 saturated carbocycles. The van der Waals surface area contributed by atoms with Crippen LogP contribution in [0.1, 0.15) is 42.7 Å². The molecule has 0 aromatic heterocycles. The molecule has 138 valence electrons. The first-order valence-electron chi connectivity index (χ1n) is 9.70. The van der Waals surface area contributed by atoms with Gasteiger partial charge < -0.3 is 4.74 Å². The molecular formula is C23H29NO2. The van der Waals surface area contributed by atoms with Crippen LogP contribution in [0, 0.1) is 0 Å². The van der Waals surface area contributed by atoms with E-state index >= 15 is 0 Å². The van der Waals surface area contributed by atoms with Crippen molar-refractivity contribution in [1.82, 2.24) is 4.90 Å². The van der Waals surface area contributed by atoms with Crippen molar-refractivity contribution in [2.24, 2.45) is 0 Å². The molecule has 2 atom stereocenters. The molecule has 3 nitrogen and oxygen atoms in total. The Morgan fingerprint density at radius 3 is 2.46 bits per heavy atom. The summed E-state index contributed by atoms with van der Waals surface area (Å²) in [6.45, 7) is 2.10. The maximum absolute atomic E-state index is 12.6. The molecule has 0 amide bonds. The molecule has 1 fully saturated rings. The standard InChI is InChI=1S/C23H29NO2/c1-26-23(25)22(20-14-6-3-7-15-20)21-16-8-9-17-24(21)18-10-13-19-11-4-2-5-12-19/h2-7,11-12,14-15,21-22H,8-10,13,16-18H2,1H3. The maximum atomic E-state index is 12.6. The average Bonchev–Trinajstić information content (AvgIpc) is 2.71. The van der Waals surface area contributed by atoms with Gasteiger partial charge in [0, 0.05) is 6.04 Å². The lowest BCUT2D eigenvalue weighted by Crippen LogP contribution is -2.46. The number of benzene rings is 2. The first-order chi connectivity index (χ1) is 12.8. The number of methoxy groups -OCH3 is 1. The number of piperidine rings is 1. The van der Waals surface area contributed by atoms with E-state index < -0.39 is 0 Å². The van der Waals surface area contributed by atoms with Crippen molar-refractivity contribution in [2.75, 3.05) is 20.2 Å². The summed E-state index contributed by atoms with van der Waals surface area (Å²) in [5.74, 6) is -0.311. The van der Waals surface area contributed by atoms with Crippen LogP contribution < -0.4 is 0 Å². The van der Waals surface area contributed by atoms with Crippen molar-refractivity contribution in [3.8, 4) is 0 Å². The lowest BCUT2D eigenvalue weighted by molar-refractivity contribution is -0.144. The highest BCUT2D eigenvalue weighted by Gasteiger charge is 2.35. The van der Waals surface area contributed by atoms with Crippen LogP contribution in [0.2, 0.25) is 0 Å². The fourth-order valence-electron chi connectivity index (χ4n) is 4.11. The smallest absolute Gasteiger partial charge is 0.314 e. The van der Waals surface area contributed by atoms with E-state index in [9.17, 15) is 4.79 Å². The molecule has 0 spiro atoms. The highest BCUT2D eigenvalue weighted by atomic mass is 16.5. The zero-order valence-corrected chi connectivity index (χ0v) is 15.6. The molecular weight excluding hydrogens is 322 g/mol. The summed E-state index contributed by atoms with van der Waals surface area (Å²) in [5.41, 5.74) is 2.45. The van der Waals surface area contributed by atoms with Crippen LogP contribution in [0.15, 0.2) is 60.7 Å². The van der Waals surface area contributed by atoms with Crippen molar-refractivity contribution in [3.63, 3.8) is 0 Å². The number of hydrogen-bond acceptors (Lipinski definition) is 3. The Labute approximate surface area is 157 Å². The van der Waals surface area contributed by atoms with E-state index in [0.717, 1.165) is 37.9 Å². The van der Waals surface area contributed by atoms with Crippen molar-refractivity contribution in [2.45, 2.75) is 44.1 Å². The van der Waals surface area contributed by atoms with Crippen LogP contribution in [0.5, 0.6) is 0 Å². The van der Waals surface area contributed by atoms with E-state index in [4.69, 9.17) is 4.74 Å². The summed E-state index contributed by atoms with van der Waals surface area (Å²) in [5, 5.41) is 0. The average molecular weight is 351 g/mol. The summed E-state index contributed by atoms with van der Waals surface area (Å²) in [4.78, 5) is 15.1. The third-order valence-corrected chi connectivity index (χ3v) is 5.42. The third-order valence-electron chi connectivity index (χ3n) is 5.42. The molecule has 1 saturated heterocycles. The van der Waals surface area contributed by atoms with Gasteiger partial charge in [0.1, 0.15) is 0 Å². The second-order valence-electron chi connectivity index (χ2n) is 7.10. The Hall–Kier alpha value is -2.13. The predicted octanol–water partition coefficient (Wildman–Crippen LogP) is 4.43. The molecule has 2 aromatic carbocycles. The molecule has 1 aliphatic heterocycles. The second-order valence-corrected chi connectivity index (χ2v) is 7.10. The Morgan fingerprint density at radius 2 is 1.77 bits per heavy atom. The number of ether oxygens (including phenoxy) is 1. The van der Waals surface area contributed by atoms with Crippen LogP contribution in [-0.2, 0) is 16.0 Å². The minimum atomic E-state index is -0.196. The minimum Gasteiger partial charge on any atom is -0.469 e. The number of esters is 1. The molecule has 0 N–H and O–H groups in total. The summed E-state index contributed by atoms with van der Waals surface area (Å²) in [6.07, 6.45) is 5.65. The summed E-state index contributed by atoms with van der Waals surface area (Å²) >= 11 is 0. The number of likely N-dealkylation sites (tertiary alicyclic amines) is 1. The lowest BCUT2D eigenvalue weighted by Gasteiger charge is -2.39. The van der Waals surface area contributed by atoms with Crippen LogP contribution in [-0.4, -0.2) is 37.1 Å². The van der Waals surface area contributed by atoms with Gasteiger partial charge in [-0.25, -0.2) is 0 Å². The highest BCUT2D eigenvalue weighted by molar-refractivity contribution is 5.79. The Balaban J connectivity index is 1.70. The predicted molar refractivity (Wildman–Crippen MR) is 105 cm³/mol. The van der Waals surface area contributed by atoms with Gasteiger partial charge >= 0.3 is 5.97 Å². The Morgan fingerprint density at radius 1 is 1.08 bits per heavy atom. The van der Waals surface area contributed by atoms with Crippen molar-refractivity contribution >= 4 is 5.97 Å². The number of aryl methyl sites for hydroxylation is 1. The number of carbonyl (C=O) groups excluding carboxylic acids is 1. The third kappa shape index (κ3) is 4.73. The van der Waals surface area contributed by atoms with Gasteiger partial charge in [-0.15, -0.1) is 0 Å². The zero-order chi connectivity index (χ0) is 18.2. The lowest BCUT2D eigenvalue weighted by atomic mass is 9.85. The van der Waals surface area contributed by atoms with Crippen LogP contribution in [0.3, 0.4) is 0 Å². The van der Waals surface area contributed by atoms with Crippen molar-refractivity contribution in [3.05, 3.63) is 71.8 Å². The largest absolute Gasteiger partial charge is 0.469 e. The SMILES string of the molecule is COC(=O)C(c1ccccc1)C1CCCCN1CCCc1ccccc1. The molecule has 3 heteroatoms. The number of carbonyl (C=O) groups is 1. The van der Waals surface area contributed by atoms with Gasteiger partial charge in [0.2, 0.25) is 0 Å². The van der Waals surface area contributed by atoms with Gasteiger partial charge in [-0.3, -0.25) is 9.69 Å².